The van der Waals surface area contributed by atoms with E-state index in [0.717, 1.165) is 11.1 Å². The molecule has 35 heavy (non-hydrogen) atoms. The maximum Gasteiger partial charge on any atom is 0.257 e. The minimum atomic E-state index is -0.448. The molecule has 3 aromatic rings. The van der Waals surface area contributed by atoms with Crippen molar-refractivity contribution in [1.82, 2.24) is 16.2 Å². The summed E-state index contributed by atoms with van der Waals surface area (Å²) in [6.45, 7) is 2.45. The molecule has 3 amide bonds. The Morgan fingerprint density at radius 2 is 1.40 bits per heavy atom. The van der Waals surface area contributed by atoms with Crippen LogP contribution in [0.15, 0.2) is 78.9 Å². The number of amides is 3. The first-order valence-corrected chi connectivity index (χ1v) is 11.4. The molecule has 0 saturated carbocycles. The van der Waals surface area contributed by atoms with Crippen LogP contribution in [0.5, 0.6) is 5.75 Å². The molecule has 0 heterocycles. The highest BCUT2D eigenvalue weighted by Gasteiger charge is 2.11. The molecule has 4 N–H and O–H groups in total. The fraction of sp³-hybridized carbons (Fsp3) is 0.154. The summed E-state index contributed by atoms with van der Waals surface area (Å²) in [6, 6.07) is 23.8. The van der Waals surface area contributed by atoms with Crippen molar-refractivity contribution < 1.29 is 19.1 Å². The third-order valence-electron chi connectivity index (χ3n) is 4.82. The number of carbonyl (C=O) groups is 3. The highest BCUT2D eigenvalue weighted by Crippen LogP contribution is 2.19. The van der Waals surface area contributed by atoms with Gasteiger partial charge in [0.1, 0.15) is 5.75 Å². The second kappa shape index (κ2) is 12.9. The number of hydrazine groups is 1. The lowest BCUT2D eigenvalue weighted by Gasteiger charge is -2.11. The van der Waals surface area contributed by atoms with Crippen LogP contribution >= 0.6 is 12.2 Å². The molecule has 0 aliphatic rings. The molecular formula is C26H26N4O4S. The first-order chi connectivity index (χ1) is 16.9. The Labute approximate surface area is 209 Å². The highest BCUT2D eigenvalue weighted by atomic mass is 32.1. The van der Waals surface area contributed by atoms with E-state index in [1.165, 1.54) is 0 Å². The van der Waals surface area contributed by atoms with E-state index in [2.05, 4.69) is 21.5 Å². The van der Waals surface area contributed by atoms with E-state index in [4.69, 9.17) is 17.0 Å². The molecule has 0 radical (unpaired) electrons. The number of hydrogen-bond donors (Lipinski definition) is 4. The fourth-order valence-corrected chi connectivity index (χ4v) is 3.24. The van der Waals surface area contributed by atoms with Gasteiger partial charge in [-0.05, 0) is 66.7 Å². The Kier molecular flexibility index (Phi) is 9.32. The number of nitrogens with one attached hydrogen (secondary N) is 4. The van der Waals surface area contributed by atoms with E-state index in [1.54, 1.807) is 36.4 Å². The lowest BCUT2D eigenvalue weighted by molar-refractivity contribution is -0.124. The normalized spacial score (nSPS) is 10.1. The molecule has 3 rings (SSSR count). The van der Waals surface area contributed by atoms with Gasteiger partial charge in [-0.3, -0.25) is 30.6 Å². The van der Waals surface area contributed by atoms with Gasteiger partial charge in [0.2, 0.25) is 11.8 Å². The van der Waals surface area contributed by atoms with Gasteiger partial charge in [0.25, 0.3) is 5.91 Å². The molecule has 3 aromatic carbocycles. The molecule has 0 saturated heterocycles. The molecule has 0 aliphatic heterocycles. The average Bonchev–Trinajstić information content (AvgIpc) is 2.88. The summed E-state index contributed by atoms with van der Waals surface area (Å²) < 4.78 is 5.35. The van der Waals surface area contributed by atoms with Crippen molar-refractivity contribution in [1.29, 1.82) is 0 Å². The van der Waals surface area contributed by atoms with E-state index in [1.807, 2.05) is 49.4 Å². The van der Waals surface area contributed by atoms with Gasteiger partial charge in [-0.25, -0.2) is 0 Å². The standard InChI is InChI=1S/C26H26N4O4S/c1-2-34-22-14-12-21(13-15-22)27-23(31)16-17-24(32)29-30-26(35)28-25(33)20-10-8-19(9-11-20)18-6-4-3-5-7-18/h3-15H,2,16-17H2,1H3,(H,27,31)(H,29,32)(H2,28,30,33,35). The lowest BCUT2D eigenvalue weighted by Crippen LogP contribution is -2.48. The third kappa shape index (κ3) is 8.24. The van der Waals surface area contributed by atoms with Crippen molar-refractivity contribution in [3.8, 4) is 16.9 Å². The maximum absolute atomic E-state index is 12.4. The van der Waals surface area contributed by atoms with Gasteiger partial charge in [0.15, 0.2) is 5.11 Å². The Morgan fingerprint density at radius 1 is 0.771 bits per heavy atom. The van der Waals surface area contributed by atoms with Crippen LogP contribution in [0.3, 0.4) is 0 Å². The quantitative estimate of drug-likeness (QED) is 0.283. The molecule has 180 valence electrons. The zero-order valence-electron chi connectivity index (χ0n) is 19.2. The Bertz CT molecular complexity index is 1170. The predicted molar refractivity (Wildman–Crippen MR) is 139 cm³/mol. The van der Waals surface area contributed by atoms with Crippen molar-refractivity contribution in [2.45, 2.75) is 19.8 Å². The molecule has 0 unspecified atom stereocenters. The predicted octanol–water partition coefficient (Wildman–Crippen LogP) is 3.81. The highest BCUT2D eigenvalue weighted by molar-refractivity contribution is 7.80. The van der Waals surface area contributed by atoms with E-state index >= 15 is 0 Å². The average molecular weight is 491 g/mol. The summed E-state index contributed by atoms with van der Waals surface area (Å²) >= 11 is 5.06. The van der Waals surface area contributed by atoms with Crippen LogP contribution < -0.4 is 26.2 Å². The van der Waals surface area contributed by atoms with Gasteiger partial charge >= 0.3 is 0 Å². The van der Waals surface area contributed by atoms with Gasteiger partial charge in [-0.1, -0.05) is 42.5 Å². The largest absolute Gasteiger partial charge is 0.494 e. The number of thiocarbonyl (C=S) groups is 1. The number of hydrogen-bond acceptors (Lipinski definition) is 5. The summed E-state index contributed by atoms with van der Waals surface area (Å²) in [5, 5.41) is 5.15. The van der Waals surface area contributed by atoms with E-state index in [9.17, 15) is 14.4 Å². The van der Waals surface area contributed by atoms with Crippen LogP contribution in [-0.2, 0) is 9.59 Å². The van der Waals surface area contributed by atoms with E-state index in [0.29, 0.717) is 23.6 Å². The van der Waals surface area contributed by atoms with Gasteiger partial charge in [-0.15, -0.1) is 0 Å². The molecule has 8 nitrogen and oxygen atoms in total. The summed E-state index contributed by atoms with van der Waals surface area (Å²) in [5.41, 5.74) is 7.90. The molecule has 9 heteroatoms. The van der Waals surface area contributed by atoms with Crippen LogP contribution in [0.25, 0.3) is 11.1 Å². The molecule has 0 aliphatic carbocycles. The smallest absolute Gasteiger partial charge is 0.257 e. The first kappa shape index (κ1) is 25.4. The lowest BCUT2D eigenvalue weighted by atomic mass is 10.0. The molecule has 0 fully saturated rings. The Hall–Kier alpha value is -4.24. The molecule has 0 bridgehead atoms. The van der Waals surface area contributed by atoms with Crippen LogP contribution in [0.4, 0.5) is 5.69 Å². The van der Waals surface area contributed by atoms with Crippen molar-refractivity contribution >= 4 is 40.7 Å². The van der Waals surface area contributed by atoms with Crippen molar-refractivity contribution in [3.63, 3.8) is 0 Å². The zero-order chi connectivity index (χ0) is 25.0. The monoisotopic (exact) mass is 490 g/mol. The number of ether oxygens (including phenoxy) is 1. The SMILES string of the molecule is CCOc1ccc(NC(=O)CCC(=O)NNC(=S)NC(=O)c2ccc(-c3ccccc3)cc2)cc1. The van der Waals surface area contributed by atoms with Crippen molar-refractivity contribution in [2.75, 3.05) is 11.9 Å². The second-order valence-corrected chi connectivity index (χ2v) is 7.81. The third-order valence-corrected chi connectivity index (χ3v) is 5.03. The van der Waals surface area contributed by atoms with E-state index < -0.39 is 11.8 Å². The number of rotatable bonds is 8. The minimum absolute atomic E-state index is 0.0202. The van der Waals surface area contributed by atoms with Gasteiger partial charge in [0.05, 0.1) is 6.61 Å². The van der Waals surface area contributed by atoms with Crippen molar-refractivity contribution in [2.24, 2.45) is 0 Å². The van der Waals surface area contributed by atoms with Gasteiger partial charge in [-0.2, -0.15) is 0 Å². The second-order valence-electron chi connectivity index (χ2n) is 7.41. The summed E-state index contributed by atoms with van der Waals surface area (Å²) in [4.78, 5) is 36.4. The van der Waals surface area contributed by atoms with E-state index in [-0.39, 0.29) is 23.9 Å². The number of carbonyl (C=O) groups excluding carboxylic acids is 3. The molecular weight excluding hydrogens is 464 g/mol. The number of anilines is 1. The summed E-state index contributed by atoms with van der Waals surface area (Å²) in [7, 11) is 0. The molecule has 0 aromatic heterocycles. The van der Waals surface area contributed by atoms with Crippen LogP contribution in [0.1, 0.15) is 30.1 Å². The molecule has 0 atom stereocenters. The maximum atomic E-state index is 12.4. The topological polar surface area (TPSA) is 109 Å². The van der Waals surface area contributed by atoms with Gasteiger partial charge < -0.3 is 10.1 Å². The van der Waals surface area contributed by atoms with Crippen LogP contribution in [0, 0.1) is 0 Å². The Balaban J connectivity index is 1.37. The fourth-order valence-electron chi connectivity index (χ4n) is 3.09. The Morgan fingerprint density at radius 3 is 2.06 bits per heavy atom. The molecule has 0 spiro atoms. The van der Waals surface area contributed by atoms with Crippen LogP contribution in [0.2, 0.25) is 0 Å². The number of benzene rings is 3. The summed E-state index contributed by atoms with van der Waals surface area (Å²) in [5.74, 6) is -0.455. The first-order valence-electron chi connectivity index (χ1n) is 11.0. The van der Waals surface area contributed by atoms with Crippen molar-refractivity contribution in [3.05, 3.63) is 84.4 Å². The van der Waals surface area contributed by atoms with Crippen LogP contribution in [-0.4, -0.2) is 29.4 Å². The summed E-state index contributed by atoms with van der Waals surface area (Å²) in [6.07, 6.45) is -0.0824. The zero-order valence-corrected chi connectivity index (χ0v) is 20.0. The van der Waals surface area contributed by atoms with Gasteiger partial charge in [0, 0.05) is 24.1 Å². The minimum Gasteiger partial charge on any atom is -0.494 e.